The molecule has 0 saturated carbocycles. The van der Waals surface area contributed by atoms with Gasteiger partial charge in [-0.25, -0.2) is 4.79 Å². The van der Waals surface area contributed by atoms with Gasteiger partial charge < -0.3 is 10.2 Å². The monoisotopic (exact) mass is 297 g/mol. The van der Waals surface area contributed by atoms with Gasteiger partial charge in [-0.1, -0.05) is 40.0 Å². The van der Waals surface area contributed by atoms with Crippen LogP contribution in [0, 0.1) is 5.92 Å². The molecule has 0 rings (SSSR count). The topological polar surface area (TPSA) is 87.0 Å². The summed E-state index contributed by atoms with van der Waals surface area (Å²) in [4.78, 5) is 23.9. The van der Waals surface area contributed by atoms with Crippen molar-refractivity contribution in [1.29, 1.82) is 0 Å². The van der Waals surface area contributed by atoms with E-state index in [9.17, 15) is 9.59 Å². The minimum atomic E-state index is -0.907. The molecular formula is C14H28NNaO4. The molecule has 0 aromatic rings. The van der Waals surface area contributed by atoms with Gasteiger partial charge in [0.2, 0.25) is 0 Å². The number of hydrogen-bond donors (Lipinski definition) is 2. The first-order chi connectivity index (χ1) is 8.88. The summed E-state index contributed by atoms with van der Waals surface area (Å²) in [6.07, 6.45) is 4.86. The summed E-state index contributed by atoms with van der Waals surface area (Å²) in [6, 6.07) is 0. The predicted molar refractivity (Wildman–Crippen MR) is 84.0 cm³/mol. The van der Waals surface area contributed by atoms with Crippen molar-refractivity contribution in [2.45, 2.75) is 59.8 Å². The average Bonchev–Trinajstić information content (AvgIpc) is 2.39. The normalized spacial score (nSPS) is 11.7. The van der Waals surface area contributed by atoms with Crippen molar-refractivity contribution in [3.05, 3.63) is 0 Å². The van der Waals surface area contributed by atoms with Gasteiger partial charge in [0, 0.05) is 13.0 Å². The van der Waals surface area contributed by atoms with Gasteiger partial charge in [0.15, 0.2) is 0 Å². The van der Waals surface area contributed by atoms with Crippen molar-refractivity contribution in [2.75, 3.05) is 6.54 Å². The molecule has 0 aliphatic carbocycles. The van der Waals surface area contributed by atoms with Crippen molar-refractivity contribution in [1.82, 2.24) is 0 Å². The third kappa shape index (κ3) is 17.6. The molecule has 0 amide bonds. The van der Waals surface area contributed by atoms with Crippen molar-refractivity contribution >= 4 is 47.2 Å². The Morgan fingerprint density at radius 1 is 1.15 bits per heavy atom. The number of carbonyl (C=O) groups is 2. The number of nitrogens with zero attached hydrogens (tertiary/aromatic N) is 1. The van der Waals surface area contributed by atoms with E-state index in [-0.39, 0.29) is 41.7 Å². The van der Waals surface area contributed by atoms with Crippen LogP contribution < -0.4 is 0 Å². The summed E-state index contributed by atoms with van der Waals surface area (Å²) >= 11 is 0. The van der Waals surface area contributed by atoms with Gasteiger partial charge in [-0.2, -0.15) is 0 Å². The van der Waals surface area contributed by atoms with Crippen LogP contribution in [0.25, 0.3) is 0 Å². The van der Waals surface area contributed by atoms with Gasteiger partial charge in [-0.05, 0) is 19.3 Å². The summed E-state index contributed by atoms with van der Waals surface area (Å²) in [5.74, 6) is -1.11. The summed E-state index contributed by atoms with van der Waals surface area (Å²) in [5, 5.41) is 16.3. The Morgan fingerprint density at radius 3 is 1.95 bits per heavy atom. The predicted octanol–water partition coefficient (Wildman–Crippen LogP) is 2.58. The zero-order valence-corrected chi connectivity index (χ0v) is 12.5. The molecule has 1 unspecified atom stereocenters. The van der Waals surface area contributed by atoms with Crippen LogP contribution in [-0.4, -0.2) is 64.0 Å². The summed E-state index contributed by atoms with van der Waals surface area (Å²) in [5.41, 5.74) is 0.222. The number of carboxylic acid groups (broad SMARTS) is 2. The second-order valence-corrected chi connectivity index (χ2v) is 4.40. The van der Waals surface area contributed by atoms with E-state index in [1.165, 1.54) is 12.8 Å². The molecule has 0 heterocycles. The maximum atomic E-state index is 10.5. The summed E-state index contributed by atoms with van der Waals surface area (Å²) < 4.78 is 0. The minimum absolute atomic E-state index is 0. The number of aliphatic imine (C=N–C) groups is 1. The van der Waals surface area contributed by atoms with Crippen LogP contribution >= 0.6 is 0 Å². The van der Waals surface area contributed by atoms with Gasteiger partial charge in [0.05, 0.1) is 0 Å². The molecule has 5 nitrogen and oxygen atoms in total. The SMILES string of the molecule is CCC(=O)O.CCCCC(CC)CN=C(C)C(=O)O.[NaH]. The average molecular weight is 297 g/mol. The molecule has 0 bridgehead atoms. The van der Waals surface area contributed by atoms with Crippen molar-refractivity contribution in [2.24, 2.45) is 10.9 Å². The van der Waals surface area contributed by atoms with E-state index in [4.69, 9.17) is 10.2 Å². The van der Waals surface area contributed by atoms with Crippen LogP contribution in [0.15, 0.2) is 4.99 Å². The van der Waals surface area contributed by atoms with Crippen LogP contribution in [-0.2, 0) is 9.59 Å². The first-order valence-electron chi connectivity index (χ1n) is 6.84. The molecule has 114 valence electrons. The Bertz CT molecular complexity index is 293. The van der Waals surface area contributed by atoms with Crippen LogP contribution in [0.1, 0.15) is 59.8 Å². The third-order valence-electron chi connectivity index (χ3n) is 2.74. The van der Waals surface area contributed by atoms with E-state index < -0.39 is 11.9 Å². The summed E-state index contributed by atoms with van der Waals surface area (Å²) in [7, 11) is 0. The number of unbranched alkanes of at least 4 members (excludes halogenated alkanes) is 1. The van der Waals surface area contributed by atoms with Gasteiger partial charge in [-0.3, -0.25) is 9.79 Å². The van der Waals surface area contributed by atoms with Crippen LogP contribution in [0.5, 0.6) is 0 Å². The number of aliphatic carboxylic acids is 2. The second-order valence-electron chi connectivity index (χ2n) is 4.40. The second kappa shape index (κ2) is 16.7. The summed E-state index contributed by atoms with van der Waals surface area (Å²) in [6.45, 7) is 8.11. The fourth-order valence-corrected chi connectivity index (χ4v) is 1.25. The van der Waals surface area contributed by atoms with Gasteiger partial charge in [0.25, 0.3) is 0 Å². The zero-order chi connectivity index (χ0) is 15.3. The van der Waals surface area contributed by atoms with Gasteiger partial charge in [-0.15, -0.1) is 0 Å². The Kier molecular flexibility index (Phi) is 20.5. The van der Waals surface area contributed by atoms with E-state index >= 15 is 0 Å². The molecule has 0 aromatic carbocycles. The molecule has 0 aliphatic rings. The van der Waals surface area contributed by atoms with Gasteiger partial charge >= 0.3 is 41.5 Å². The standard InChI is InChI=1S/C11H21NO2.C3H6O2.Na.H/c1-4-6-7-10(5-2)8-12-9(3)11(13)14;1-2-3(4)5;;/h10H,4-8H2,1-3H3,(H,13,14);2H2,1H3,(H,4,5);;. The first kappa shape index (κ1) is 24.6. The molecule has 0 aliphatic heterocycles. The first-order valence-corrected chi connectivity index (χ1v) is 6.84. The van der Waals surface area contributed by atoms with Crippen molar-refractivity contribution < 1.29 is 19.8 Å². The third-order valence-corrected chi connectivity index (χ3v) is 2.74. The Hall–Kier alpha value is -0.390. The van der Waals surface area contributed by atoms with Crippen molar-refractivity contribution in [3.8, 4) is 0 Å². The quantitative estimate of drug-likeness (QED) is 0.532. The maximum absolute atomic E-state index is 10.5. The Balaban J connectivity index is -0.000000414. The van der Waals surface area contributed by atoms with Gasteiger partial charge in [0.1, 0.15) is 5.71 Å². The number of rotatable bonds is 8. The van der Waals surface area contributed by atoms with E-state index in [1.54, 1.807) is 13.8 Å². The van der Waals surface area contributed by atoms with Crippen LogP contribution in [0.3, 0.4) is 0 Å². The zero-order valence-electron chi connectivity index (χ0n) is 12.5. The van der Waals surface area contributed by atoms with E-state index in [2.05, 4.69) is 18.8 Å². The molecule has 0 saturated heterocycles. The molecule has 0 aromatic heterocycles. The van der Waals surface area contributed by atoms with E-state index in [0.717, 1.165) is 12.8 Å². The van der Waals surface area contributed by atoms with Crippen LogP contribution in [0.4, 0.5) is 0 Å². The molecule has 20 heavy (non-hydrogen) atoms. The molecule has 0 spiro atoms. The molecule has 1 atom stereocenters. The number of hydrogen-bond acceptors (Lipinski definition) is 3. The molecule has 2 N–H and O–H groups in total. The van der Waals surface area contributed by atoms with Crippen LogP contribution in [0.2, 0.25) is 0 Å². The molecule has 6 heteroatoms. The Morgan fingerprint density at radius 2 is 1.65 bits per heavy atom. The van der Waals surface area contributed by atoms with E-state index in [0.29, 0.717) is 12.5 Å². The Labute approximate surface area is 144 Å². The number of carboxylic acids is 2. The fourth-order valence-electron chi connectivity index (χ4n) is 1.25. The molecule has 0 radical (unpaired) electrons. The molecule has 0 fully saturated rings. The molecular weight excluding hydrogens is 269 g/mol. The van der Waals surface area contributed by atoms with E-state index in [1.807, 2.05) is 0 Å². The fraction of sp³-hybridized carbons (Fsp3) is 0.786. The van der Waals surface area contributed by atoms with Crippen molar-refractivity contribution in [3.63, 3.8) is 0 Å².